The topological polar surface area (TPSA) is 74.3 Å². The van der Waals surface area contributed by atoms with Gasteiger partial charge in [-0.2, -0.15) is 0 Å². The summed E-state index contributed by atoms with van der Waals surface area (Å²) in [5, 5.41) is 5.71. The maximum absolute atomic E-state index is 12.5. The number of amides is 2. The molecular weight excluding hydrogens is 340 g/mol. The van der Waals surface area contributed by atoms with Gasteiger partial charge >= 0.3 is 0 Å². The molecule has 1 aromatic heterocycles. The third-order valence-electron chi connectivity index (χ3n) is 4.47. The van der Waals surface area contributed by atoms with E-state index < -0.39 is 0 Å². The third-order valence-corrected chi connectivity index (χ3v) is 4.47. The summed E-state index contributed by atoms with van der Waals surface area (Å²) in [6.07, 6.45) is 4.53. The molecule has 0 aliphatic carbocycles. The molecule has 0 unspecified atom stereocenters. The molecule has 1 aromatic carbocycles. The molecule has 0 spiro atoms. The van der Waals surface area contributed by atoms with E-state index in [4.69, 9.17) is 0 Å². The number of hydrogen-bond acceptors (Lipinski definition) is 4. The second-order valence-electron chi connectivity index (χ2n) is 7.27. The summed E-state index contributed by atoms with van der Waals surface area (Å²) in [6, 6.07) is 10.9. The van der Waals surface area contributed by atoms with Gasteiger partial charge < -0.3 is 15.5 Å². The number of carbonyl (C=O) groups excluding carboxylic acids is 2. The molecule has 1 aliphatic heterocycles. The monoisotopic (exact) mass is 366 g/mol. The van der Waals surface area contributed by atoms with Crippen molar-refractivity contribution >= 4 is 28.9 Å². The standard InChI is InChI=1S/C21H26N4O2/c1-15(2)13-20(26)23-16-5-7-17(8-6-16)24-21(27)19-14-18(9-10-22-19)25-11-3-4-12-25/h5-10,14-15H,3-4,11-13H2,1-2H3,(H,23,26)(H,24,27). The van der Waals surface area contributed by atoms with Crippen LogP contribution in [-0.2, 0) is 4.79 Å². The van der Waals surface area contributed by atoms with Gasteiger partial charge in [-0.15, -0.1) is 0 Å². The van der Waals surface area contributed by atoms with Crippen molar-refractivity contribution in [1.29, 1.82) is 0 Å². The Bertz CT molecular complexity index is 796. The summed E-state index contributed by atoms with van der Waals surface area (Å²) in [4.78, 5) is 30.8. The van der Waals surface area contributed by atoms with E-state index in [0.717, 1.165) is 18.8 Å². The van der Waals surface area contributed by atoms with Gasteiger partial charge in [0, 0.05) is 42.8 Å². The number of nitrogens with one attached hydrogen (secondary N) is 2. The van der Waals surface area contributed by atoms with Crippen LogP contribution in [0.25, 0.3) is 0 Å². The van der Waals surface area contributed by atoms with Crippen molar-refractivity contribution in [2.75, 3.05) is 28.6 Å². The minimum absolute atomic E-state index is 0.00952. The van der Waals surface area contributed by atoms with Gasteiger partial charge in [0.05, 0.1) is 0 Å². The number of benzene rings is 1. The van der Waals surface area contributed by atoms with Gasteiger partial charge in [0.1, 0.15) is 5.69 Å². The molecule has 3 rings (SSSR count). The Balaban J connectivity index is 1.61. The number of carbonyl (C=O) groups is 2. The Hall–Kier alpha value is -2.89. The first kappa shape index (κ1) is 18.9. The summed E-state index contributed by atoms with van der Waals surface area (Å²) in [5.41, 5.74) is 2.81. The lowest BCUT2D eigenvalue weighted by Gasteiger charge is -2.17. The van der Waals surface area contributed by atoms with Crippen LogP contribution in [0.1, 0.15) is 43.6 Å². The van der Waals surface area contributed by atoms with Crippen molar-refractivity contribution in [3.63, 3.8) is 0 Å². The highest BCUT2D eigenvalue weighted by Gasteiger charge is 2.15. The van der Waals surface area contributed by atoms with E-state index in [1.807, 2.05) is 26.0 Å². The molecule has 0 saturated carbocycles. The molecule has 2 heterocycles. The summed E-state index contributed by atoms with van der Waals surface area (Å²) < 4.78 is 0. The maximum atomic E-state index is 12.5. The Kier molecular flexibility index (Phi) is 6.06. The average molecular weight is 366 g/mol. The molecule has 0 atom stereocenters. The quantitative estimate of drug-likeness (QED) is 0.813. The highest BCUT2D eigenvalue weighted by molar-refractivity contribution is 6.03. The zero-order chi connectivity index (χ0) is 19.2. The number of nitrogens with zero attached hydrogens (tertiary/aromatic N) is 2. The van der Waals surface area contributed by atoms with Crippen molar-refractivity contribution in [3.05, 3.63) is 48.3 Å². The van der Waals surface area contributed by atoms with Gasteiger partial charge in [0.25, 0.3) is 5.91 Å². The zero-order valence-corrected chi connectivity index (χ0v) is 15.9. The number of aromatic nitrogens is 1. The van der Waals surface area contributed by atoms with E-state index in [0.29, 0.717) is 29.4 Å². The first-order valence-electron chi connectivity index (χ1n) is 9.43. The molecule has 6 nitrogen and oxygen atoms in total. The molecule has 27 heavy (non-hydrogen) atoms. The van der Waals surface area contributed by atoms with Crippen LogP contribution in [0.4, 0.5) is 17.1 Å². The van der Waals surface area contributed by atoms with E-state index in [9.17, 15) is 9.59 Å². The zero-order valence-electron chi connectivity index (χ0n) is 15.9. The minimum Gasteiger partial charge on any atom is -0.371 e. The average Bonchev–Trinajstić information content (AvgIpc) is 3.17. The second-order valence-corrected chi connectivity index (χ2v) is 7.27. The van der Waals surface area contributed by atoms with Gasteiger partial charge in [-0.1, -0.05) is 13.8 Å². The number of anilines is 3. The molecule has 2 aromatic rings. The fraction of sp³-hybridized carbons (Fsp3) is 0.381. The normalized spacial score (nSPS) is 13.7. The van der Waals surface area contributed by atoms with Crippen LogP contribution in [0.2, 0.25) is 0 Å². The van der Waals surface area contributed by atoms with Gasteiger partial charge in [-0.3, -0.25) is 14.6 Å². The molecule has 6 heteroatoms. The fourth-order valence-electron chi connectivity index (χ4n) is 3.13. The van der Waals surface area contributed by atoms with Gasteiger partial charge in [-0.25, -0.2) is 0 Å². The van der Waals surface area contributed by atoms with Crippen molar-refractivity contribution in [2.24, 2.45) is 5.92 Å². The van der Waals surface area contributed by atoms with E-state index in [1.165, 1.54) is 12.8 Å². The van der Waals surface area contributed by atoms with Gasteiger partial charge in [0.2, 0.25) is 5.91 Å². The molecule has 142 valence electrons. The predicted octanol–water partition coefficient (Wildman–Crippen LogP) is 3.92. The molecule has 1 saturated heterocycles. The molecule has 2 N–H and O–H groups in total. The summed E-state index contributed by atoms with van der Waals surface area (Å²) in [5.74, 6) is 0.0599. The van der Waals surface area contributed by atoms with E-state index in [2.05, 4.69) is 20.5 Å². The van der Waals surface area contributed by atoms with Gasteiger partial charge in [0.15, 0.2) is 0 Å². The SMILES string of the molecule is CC(C)CC(=O)Nc1ccc(NC(=O)c2cc(N3CCCC3)ccn2)cc1. The van der Waals surface area contributed by atoms with Crippen molar-refractivity contribution in [3.8, 4) is 0 Å². The fourth-order valence-corrected chi connectivity index (χ4v) is 3.13. The molecular formula is C21H26N4O2. The first-order chi connectivity index (χ1) is 13.0. The molecule has 2 amide bonds. The minimum atomic E-state index is -0.243. The second kappa shape index (κ2) is 8.66. The molecule has 0 bridgehead atoms. The van der Waals surface area contributed by atoms with Gasteiger partial charge in [-0.05, 0) is 55.2 Å². The first-order valence-corrected chi connectivity index (χ1v) is 9.43. The lowest BCUT2D eigenvalue weighted by molar-refractivity contribution is -0.116. The number of rotatable bonds is 6. The molecule has 1 aliphatic rings. The third kappa shape index (κ3) is 5.29. The van der Waals surface area contributed by atoms with E-state index >= 15 is 0 Å². The highest BCUT2D eigenvalue weighted by atomic mass is 16.2. The lowest BCUT2D eigenvalue weighted by Crippen LogP contribution is -2.19. The maximum Gasteiger partial charge on any atom is 0.274 e. The molecule has 0 radical (unpaired) electrons. The summed E-state index contributed by atoms with van der Waals surface area (Å²) >= 11 is 0. The van der Waals surface area contributed by atoms with Crippen LogP contribution in [-0.4, -0.2) is 29.9 Å². The largest absolute Gasteiger partial charge is 0.371 e. The lowest BCUT2D eigenvalue weighted by atomic mass is 10.1. The van der Waals surface area contributed by atoms with Crippen LogP contribution < -0.4 is 15.5 Å². The highest BCUT2D eigenvalue weighted by Crippen LogP contribution is 2.21. The van der Waals surface area contributed by atoms with Crippen LogP contribution in [0.5, 0.6) is 0 Å². The van der Waals surface area contributed by atoms with E-state index in [1.54, 1.807) is 30.5 Å². The number of hydrogen-bond donors (Lipinski definition) is 2. The smallest absolute Gasteiger partial charge is 0.274 e. The van der Waals surface area contributed by atoms with Crippen LogP contribution in [0, 0.1) is 5.92 Å². The van der Waals surface area contributed by atoms with Crippen LogP contribution in [0.3, 0.4) is 0 Å². The molecule has 1 fully saturated rings. The van der Waals surface area contributed by atoms with Crippen LogP contribution >= 0.6 is 0 Å². The number of pyridine rings is 1. The Morgan fingerprint density at radius 3 is 2.30 bits per heavy atom. The Labute approximate surface area is 160 Å². The predicted molar refractivity (Wildman–Crippen MR) is 108 cm³/mol. The van der Waals surface area contributed by atoms with Crippen LogP contribution in [0.15, 0.2) is 42.6 Å². The Morgan fingerprint density at radius 1 is 1.04 bits per heavy atom. The van der Waals surface area contributed by atoms with Crippen molar-refractivity contribution < 1.29 is 9.59 Å². The van der Waals surface area contributed by atoms with E-state index in [-0.39, 0.29) is 11.8 Å². The van der Waals surface area contributed by atoms with Crippen molar-refractivity contribution in [2.45, 2.75) is 33.1 Å². The summed E-state index contributed by atoms with van der Waals surface area (Å²) in [7, 11) is 0. The summed E-state index contributed by atoms with van der Waals surface area (Å²) in [6.45, 7) is 6.06. The van der Waals surface area contributed by atoms with Crippen molar-refractivity contribution in [1.82, 2.24) is 4.98 Å². The Morgan fingerprint density at radius 2 is 1.67 bits per heavy atom.